The van der Waals surface area contributed by atoms with E-state index in [-0.39, 0.29) is 5.91 Å². The van der Waals surface area contributed by atoms with Crippen LogP contribution in [0.3, 0.4) is 0 Å². The van der Waals surface area contributed by atoms with Gasteiger partial charge in [0.2, 0.25) is 5.91 Å². The maximum Gasteiger partial charge on any atom is 0.248 e. The van der Waals surface area contributed by atoms with E-state index in [9.17, 15) is 4.79 Å². The van der Waals surface area contributed by atoms with Crippen LogP contribution in [-0.4, -0.2) is 15.7 Å². The highest BCUT2D eigenvalue weighted by molar-refractivity contribution is 9.10. The Morgan fingerprint density at radius 1 is 1.43 bits per heavy atom. The summed E-state index contributed by atoms with van der Waals surface area (Å²) in [5.74, 6) is 0.228. The number of carbonyl (C=O) groups is 1. The minimum atomic E-state index is -0.219. The van der Waals surface area contributed by atoms with E-state index in [1.165, 1.54) is 6.08 Å². The van der Waals surface area contributed by atoms with Crippen LogP contribution in [0.25, 0.3) is 6.08 Å². The molecular weight excluding hydrogens is 378 g/mol. The lowest BCUT2D eigenvalue weighted by Crippen LogP contribution is -2.08. The van der Waals surface area contributed by atoms with Crippen molar-refractivity contribution in [3.63, 3.8) is 0 Å². The molecule has 2 aromatic rings. The van der Waals surface area contributed by atoms with Crippen LogP contribution in [0, 0.1) is 12.8 Å². The first kappa shape index (κ1) is 17.8. The molecular formula is C17H19BrClN3O. The van der Waals surface area contributed by atoms with Gasteiger partial charge in [0.25, 0.3) is 0 Å². The fraction of sp³-hybridized carbons (Fsp3) is 0.294. The Balaban J connectivity index is 2.12. The van der Waals surface area contributed by atoms with Crippen LogP contribution in [-0.2, 0) is 11.3 Å². The lowest BCUT2D eigenvalue weighted by atomic mass is 10.2. The largest absolute Gasteiger partial charge is 0.321 e. The Hall–Kier alpha value is -1.59. The van der Waals surface area contributed by atoms with Crippen molar-refractivity contribution in [3.8, 4) is 0 Å². The molecule has 122 valence electrons. The van der Waals surface area contributed by atoms with Gasteiger partial charge in [-0.25, -0.2) is 0 Å². The van der Waals surface area contributed by atoms with E-state index < -0.39 is 0 Å². The standard InChI is InChI=1S/C17H19BrClN3O/c1-11(2)10-22-17(19)13(12(3)21-22)8-9-16(23)20-15-7-5-4-6-14(15)18/h4-9,11H,10H2,1-3H3,(H,20,23)/b9-8+. The number of hydrogen-bond acceptors (Lipinski definition) is 2. The number of para-hydroxylation sites is 1. The predicted molar refractivity (Wildman–Crippen MR) is 98.6 cm³/mol. The summed E-state index contributed by atoms with van der Waals surface area (Å²) in [5.41, 5.74) is 2.30. The number of nitrogens with one attached hydrogen (secondary N) is 1. The molecule has 1 aromatic heterocycles. The second-order valence-corrected chi connectivity index (χ2v) is 6.88. The third-order valence-electron chi connectivity index (χ3n) is 3.18. The molecule has 1 aromatic carbocycles. The van der Waals surface area contributed by atoms with Crippen LogP contribution >= 0.6 is 27.5 Å². The molecule has 0 fully saturated rings. The van der Waals surface area contributed by atoms with E-state index in [4.69, 9.17) is 11.6 Å². The smallest absolute Gasteiger partial charge is 0.248 e. The molecule has 6 heteroatoms. The number of halogens is 2. The lowest BCUT2D eigenvalue weighted by molar-refractivity contribution is -0.111. The Morgan fingerprint density at radius 2 is 2.13 bits per heavy atom. The minimum Gasteiger partial charge on any atom is -0.321 e. The molecule has 0 bridgehead atoms. The van der Waals surface area contributed by atoms with Crippen molar-refractivity contribution in [2.45, 2.75) is 27.3 Å². The van der Waals surface area contributed by atoms with E-state index >= 15 is 0 Å². The number of rotatable bonds is 5. The third kappa shape index (κ3) is 4.69. The van der Waals surface area contributed by atoms with Gasteiger partial charge in [-0.2, -0.15) is 5.10 Å². The first-order chi connectivity index (χ1) is 10.9. The maximum atomic E-state index is 12.1. The first-order valence-corrected chi connectivity index (χ1v) is 8.52. The monoisotopic (exact) mass is 395 g/mol. The Kier molecular flexibility index (Phi) is 6.02. The fourth-order valence-corrected chi connectivity index (χ4v) is 2.81. The van der Waals surface area contributed by atoms with Gasteiger partial charge >= 0.3 is 0 Å². The van der Waals surface area contributed by atoms with E-state index in [1.54, 1.807) is 10.8 Å². The Morgan fingerprint density at radius 3 is 2.78 bits per heavy atom. The zero-order valence-electron chi connectivity index (χ0n) is 13.3. The number of benzene rings is 1. The molecule has 0 atom stereocenters. The number of hydrogen-bond donors (Lipinski definition) is 1. The van der Waals surface area contributed by atoms with Crippen molar-refractivity contribution < 1.29 is 4.79 Å². The van der Waals surface area contributed by atoms with E-state index in [0.29, 0.717) is 11.1 Å². The summed E-state index contributed by atoms with van der Waals surface area (Å²) in [6.07, 6.45) is 3.17. The van der Waals surface area contributed by atoms with Gasteiger partial charge in [-0.1, -0.05) is 37.6 Å². The molecule has 2 rings (SSSR count). The van der Waals surface area contributed by atoms with Gasteiger partial charge in [0.1, 0.15) is 5.15 Å². The molecule has 1 heterocycles. The van der Waals surface area contributed by atoms with Gasteiger partial charge in [-0.15, -0.1) is 0 Å². The van der Waals surface area contributed by atoms with Crippen molar-refractivity contribution >= 4 is 45.2 Å². The molecule has 0 saturated heterocycles. The topological polar surface area (TPSA) is 46.9 Å². The highest BCUT2D eigenvalue weighted by atomic mass is 79.9. The number of aryl methyl sites for hydroxylation is 1. The van der Waals surface area contributed by atoms with Gasteiger partial charge in [-0.3, -0.25) is 9.48 Å². The summed E-state index contributed by atoms with van der Waals surface area (Å²) < 4.78 is 2.60. The van der Waals surface area contributed by atoms with Crippen LogP contribution in [0.5, 0.6) is 0 Å². The molecule has 0 spiro atoms. The van der Waals surface area contributed by atoms with E-state index in [2.05, 4.69) is 40.2 Å². The zero-order chi connectivity index (χ0) is 17.0. The molecule has 0 radical (unpaired) electrons. The molecule has 23 heavy (non-hydrogen) atoms. The van der Waals surface area contributed by atoms with E-state index in [1.807, 2.05) is 31.2 Å². The maximum absolute atomic E-state index is 12.1. The zero-order valence-corrected chi connectivity index (χ0v) is 15.6. The second kappa shape index (κ2) is 7.79. The van der Waals surface area contributed by atoms with Crippen LogP contribution in [0.4, 0.5) is 5.69 Å². The highest BCUT2D eigenvalue weighted by Gasteiger charge is 2.12. The molecule has 0 saturated carbocycles. The summed E-state index contributed by atoms with van der Waals surface area (Å²) in [6, 6.07) is 7.45. The average molecular weight is 397 g/mol. The van der Waals surface area contributed by atoms with Gasteiger partial charge in [0, 0.05) is 22.7 Å². The van der Waals surface area contributed by atoms with Crippen LogP contribution in [0.1, 0.15) is 25.1 Å². The molecule has 1 amide bonds. The van der Waals surface area contributed by atoms with Gasteiger partial charge in [-0.05, 0) is 47.0 Å². The van der Waals surface area contributed by atoms with Gasteiger partial charge < -0.3 is 5.32 Å². The van der Waals surface area contributed by atoms with Crippen molar-refractivity contribution in [1.82, 2.24) is 9.78 Å². The summed E-state index contributed by atoms with van der Waals surface area (Å²) in [4.78, 5) is 12.1. The molecule has 0 aliphatic carbocycles. The Bertz CT molecular complexity index is 737. The predicted octanol–water partition coefficient (Wildman–Crippen LogP) is 4.92. The summed E-state index contributed by atoms with van der Waals surface area (Å²) in [5, 5.41) is 7.79. The van der Waals surface area contributed by atoms with Crippen LogP contribution < -0.4 is 5.32 Å². The number of carbonyl (C=O) groups excluding carboxylic acids is 1. The highest BCUT2D eigenvalue weighted by Crippen LogP contribution is 2.23. The SMILES string of the molecule is Cc1nn(CC(C)C)c(Cl)c1/C=C/C(=O)Nc1ccccc1Br. The first-order valence-electron chi connectivity index (χ1n) is 7.35. The minimum absolute atomic E-state index is 0.219. The molecule has 1 N–H and O–H groups in total. The molecule has 0 aliphatic rings. The van der Waals surface area contributed by atoms with Gasteiger partial charge in [0.15, 0.2) is 0 Å². The van der Waals surface area contributed by atoms with Crippen LogP contribution in [0.2, 0.25) is 5.15 Å². The van der Waals surface area contributed by atoms with E-state index in [0.717, 1.165) is 28.0 Å². The molecule has 4 nitrogen and oxygen atoms in total. The van der Waals surface area contributed by atoms with Crippen LogP contribution in [0.15, 0.2) is 34.8 Å². The lowest BCUT2D eigenvalue weighted by Gasteiger charge is -2.05. The quantitative estimate of drug-likeness (QED) is 0.730. The Labute approximate surface area is 149 Å². The van der Waals surface area contributed by atoms with Crippen molar-refractivity contribution in [2.24, 2.45) is 5.92 Å². The second-order valence-electron chi connectivity index (χ2n) is 5.67. The summed E-state index contributed by atoms with van der Waals surface area (Å²) in [7, 11) is 0. The number of anilines is 1. The number of amides is 1. The third-order valence-corrected chi connectivity index (χ3v) is 4.27. The average Bonchev–Trinajstić information content (AvgIpc) is 2.73. The van der Waals surface area contributed by atoms with Crippen molar-refractivity contribution in [3.05, 3.63) is 51.2 Å². The summed E-state index contributed by atoms with van der Waals surface area (Å²) in [6.45, 7) is 6.84. The summed E-state index contributed by atoms with van der Waals surface area (Å²) >= 11 is 9.75. The number of aromatic nitrogens is 2. The van der Waals surface area contributed by atoms with Gasteiger partial charge in [0.05, 0.1) is 11.4 Å². The molecule has 0 aliphatic heterocycles. The fourth-order valence-electron chi connectivity index (χ4n) is 2.12. The number of nitrogens with zero attached hydrogens (tertiary/aromatic N) is 2. The molecule has 0 unspecified atom stereocenters. The van der Waals surface area contributed by atoms with Crippen molar-refractivity contribution in [2.75, 3.05) is 5.32 Å². The van der Waals surface area contributed by atoms with Crippen molar-refractivity contribution in [1.29, 1.82) is 0 Å². The normalized spacial score (nSPS) is 11.4.